The standard InChI is InChI=1S/C18H18ClN3O2/c1-3-24-15-9-7-14(8-10-15)22-18(17(12-19)20-21-22)13-5-4-6-16(11-13)23-2/h4-11H,3,12H2,1-2H3. The largest absolute Gasteiger partial charge is 0.497 e. The van der Waals surface area contributed by atoms with E-state index in [1.165, 1.54) is 0 Å². The summed E-state index contributed by atoms with van der Waals surface area (Å²) >= 11 is 6.06. The maximum atomic E-state index is 6.06. The molecule has 0 saturated carbocycles. The highest BCUT2D eigenvalue weighted by Gasteiger charge is 2.16. The first-order valence-electron chi connectivity index (χ1n) is 7.65. The highest BCUT2D eigenvalue weighted by Crippen LogP contribution is 2.29. The van der Waals surface area contributed by atoms with Crippen LogP contribution in [0.5, 0.6) is 11.5 Å². The van der Waals surface area contributed by atoms with Crippen LogP contribution in [-0.2, 0) is 5.88 Å². The van der Waals surface area contributed by atoms with Gasteiger partial charge in [0.25, 0.3) is 0 Å². The van der Waals surface area contributed by atoms with E-state index in [4.69, 9.17) is 21.1 Å². The zero-order chi connectivity index (χ0) is 16.9. The third-order valence-corrected chi connectivity index (χ3v) is 3.86. The van der Waals surface area contributed by atoms with Gasteiger partial charge < -0.3 is 9.47 Å². The minimum Gasteiger partial charge on any atom is -0.497 e. The number of alkyl halides is 1. The first-order valence-corrected chi connectivity index (χ1v) is 8.18. The SMILES string of the molecule is CCOc1ccc(-n2nnc(CCl)c2-c2cccc(OC)c2)cc1. The number of hydrogen-bond donors (Lipinski definition) is 0. The Morgan fingerprint density at radius 3 is 2.54 bits per heavy atom. The summed E-state index contributed by atoms with van der Waals surface area (Å²) < 4.78 is 12.6. The molecule has 0 fully saturated rings. The monoisotopic (exact) mass is 343 g/mol. The summed E-state index contributed by atoms with van der Waals surface area (Å²) in [6, 6.07) is 15.5. The fourth-order valence-corrected chi connectivity index (χ4v) is 2.67. The van der Waals surface area contributed by atoms with Crippen molar-refractivity contribution >= 4 is 11.6 Å². The summed E-state index contributed by atoms with van der Waals surface area (Å²) in [6.45, 7) is 2.59. The number of halogens is 1. The Morgan fingerprint density at radius 1 is 1.08 bits per heavy atom. The number of methoxy groups -OCH3 is 1. The van der Waals surface area contributed by atoms with Crippen LogP contribution in [0.2, 0.25) is 0 Å². The third-order valence-electron chi connectivity index (χ3n) is 3.60. The minimum absolute atomic E-state index is 0.281. The second-order valence-corrected chi connectivity index (χ2v) is 5.36. The predicted octanol–water partition coefficient (Wildman–Crippen LogP) is 4.08. The van der Waals surface area contributed by atoms with E-state index in [9.17, 15) is 0 Å². The van der Waals surface area contributed by atoms with Gasteiger partial charge in [0.15, 0.2) is 0 Å². The normalized spacial score (nSPS) is 10.6. The zero-order valence-corrected chi connectivity index (χ0v) is 14.3. The second kappa shape index (κ2) is 7.36. The Bertz CT molecular complexity index is 815. The summed E-state index contributed by atoms with van der Waals surface area (Å²) in [5.74, 6) is 1.87. The van der Waals surface area contributed by atoms with E-state index in [0.717, 1.165) is 34.1 Å². The van der Waals surface area contributed by atoms with E-state index in [2.05, 4.69) is 10.3 Å². The molecule has 0 saturated heterocycles. The van der Waals surface area contributed by atoms with Crippen molar-refractivity contribution in [3.05, 3.63) is 54.2 Å². The van der Waals surface area contributed by atoms with Crippen molar-refractivity contribution in [3.63, 3.8) is 0 Å². The number of nitrogens with zero attached hydrogens (tertiary/aromatic N) is 3. The average Bonchev–Trinajstić information content (AvgIpc) is 3.07. The van der Waals surface area contributed by atoms with Crippen LogP contribution in [-0.4, -0.2) is 28.7 Å². The maximum Gasteiger partial charge on any atom is 0.119 e. The van der Waals surface area contributed by atoms with Gasteiger partial charge in [0.05, 0.1) is 31.0 Å². The molecule has 1 aromatic heterocycles. The average molecular weight is 344 g/mol. The molecule has 0 spiro atoms. The van der Waals surface area contributed by atoms with Crippen molar-refractivity contribution in [1.82, 2.24) is 15.0 Å². The summed E-state index contributed by atoms with van der Waals surface area (Å²) in [5.41, 5.74) is 3.41. The van der Waals surface area contributed by atoms with Gasteiger partial charge >= 0.3 is 0 Å². The molecule has 0 unspecified atom stereocenters. The Hall–Kier alpha value is -2.53. The molecular weight excluding hydrogens is 326 g/mol. The van der Waals surface area contributed by atoms with E-state index in [0.29, 0.717) is 6.61 Å². The molecule has 24 heavy (non-hydrogen) atoms. The van der Waals surface area contributed by atoms with Crippen LogP contribution < -0.4 is 9.47 Å². The molecule has 0 atom stereocenters. The van der Waals surface area contributed by atoms with Crippen LogP contribution in [0.15, 0.2) is 48.5 Å². The highest BCUT2D eigenvalue weighted by molar-refractivity contribution is 6.17. The first-order chi connectivity index (χ1) is 11.8. The van der Waals surface area contributed by atoms with Gasteiger partial charge in [-0.2, -0.15) is 0 Å². The van der Waals surface area contributed by atoms with Crippen molar-refractivity contribution in [1.29, 1.82) is 0 Å². The topological polar surface area (TPSA) is 49.2 Å². The smallest absolute Gasteiger partial charge is 0.119 e. The van der Waals surface area contributed by atoms with Crippen molar-refractivity contribution in [3.8, 4) is 28.4 Å². The molecule has 3 aromatic rings. The molecule has 2 aromatic carbocycles. The van der Waals surface area contributed by atoms with Gasteiger partial charge in [0.1, 0.15) is 17.2 Å². The van der Waals surface area contributed by atoms with Gasteiger partial charge in [0, 0.05) is 5.56 Å². The van der Waals surface area contributed by atoms with E-state index in [1.54, 1.807) is 11.8 Å². The van der Waals surface area contributed by atoms with E-state index in [1.807, 2.05) is 55.5 Å². The molecule has 3 rings (SSSR count). The molecule has 0 amide bonds. The lowest BCUT2D eigenvalue weighted by atomic mass is 10.1. The zero-order valence-electron chi connectivity index (χ0n) is 13.6. The molecule has 0 bridgehead atoms. The summed E-state index contributed by atoms with van der Waals surface area (Å²) in [4.78, 5) is 0. The van der Waals surface area contributed by atoms with Crippen molar-refractivity contribution in [2.75, 3.05) is 13.7 Å². The van der Waals surface area contributed by atoms with Gasteiger partial charge in [-0.3, -0.25) is 0 Å². The predicted molar refractivity (Wildman–Crippen MR) is 94.1 cm³/mol. The van der Waals surface area contributed by atoms with Crippen LogP contribution in [0.3, 0.4) is 0 Å². The number of ether oxygens (including phenoxy) is 2. The van der Waals surface area contributed by atoms with Crippen molar-refractivity contribution in [2.24, 2.45) is 0 Å². The van der Waals surface area contributed by atoms with Gasteiger partial charge in [-0.1, -0.05) is 17.3 Å². The van der Waals surface area contributed by atoms with E-state index >= 15 is 0 Å². The second-order valence-electron chi connectivity index (χ2n) is 5.09. The molecule has 0 aliphatic carbocycles. The Kier molecular flexibility index (Phi) is 5.01. The Balaban J connectivity index is 2.07. The number of aromatic nitrogens is 3. The van der Waals surface area contributed by atoms with Gasteiger partial charge in [-0.15, -0.1) is 16.7 Å². The quantitative estimate of drug-likeness (QED) is 0.633. The first kappa shape index (κ1) is 16.3. The lowest BCUT2D eigenvalue weighted by Gasteiger charge is -2.10. The molecule has 1 heterocycles. The van der Waals surface area contributed by atoms with Crippen LogP contribution in [0.4, 0.5) is 0 Å². The summed E-state index contributed by atoms with van der Waals surface area (Å²) in [5, 5.41) is 8.48. The van der Waals surface area contributed by atoms with Crippen LogP contribution >= 0.6 is 11.6 Å². The lowest BCUT2D eigenvalue weighted by molar-refractivity contribution is 0.340. The summed E-state index contributed by atoms with van der Waals surface area (Å²) in [6.07, 6.45) is 0. The van der Waals surface area contributed by atoms with Crippen LogP contribution in [0.25, 0.3) is 16.9 Å². The van der Waals surface area contributed by atoms with E-state index < -0.39 is 0 Å². The van der Waals surface area contributed by atoms with E-state index in [-0.39, 0.29) is 5.88 Å². The number of rotatable bonds is 6. The molecule has 5 nitrogen and oxygen atoms in total. The maximum absolute atomic E-state index is 6.06. The molecular formula is C18H18ClN3O2. The molecule has 0 N–H and O–H groups in total. The Morgan fingerprint density at radius 2 is 1.88 bits per heavy atom. The van der Waals surface area contributed by atoms with Crippen LogP contribution in [0, 0.1) is 0 Å². The van der Waals surface area contributed by atoms with Gasteiger partial charge in [-0.25, -0.2) is 4.68 Å². The van der Waals surface area contributed by atoms with Crippen LogP contribution in [0.1, 0.15) is 12.6 Å². The fraction of sp³-hybridized carbons (Fsp3) is 0.222. The highest BCUT2D eigenvalue weighted by atomic mass is 35.5. The van der Waals surface area contributed by atoms with Gasteiger partial charge in [-0.05, 0) is 43.3 Å². The molecule has 0 aliphatic rings. The molecule has 0 aliphatic heterocycles. The molecule has 124 valence electrons. The van der Waals surface area contributed by atoms with Gasteiger partial charge in [0.2, 0.25) is 0 Å². The minimum atomic E-state index is 0.281. The Labute approximate surface area is 145 Å². The third kappa shape index (κ3) is 3.21. The van der Waals surface area contributed by atoms with Crippen molar-refractivity contribution < 1.29 is 9.47 Å². The fourth-order valence-electron chi connectivity index (χ4n) is 2.49. The molecule has 0 radical (unpaired) electrons. The molecule has 6 heteroatoms. The van der Waals surface area contributed by atoms with Crippen molar-refractivity contribution in [2.45, 2.75) is 12.8 Å². The summed E-state index contributed by atoms with van der Waals surface area (Å²) in [7, 11) is 1.64. The number of benzene rings is 2. The lowest BCUT2D eigenvalue weighted by Crippen LogP contribution is -2.00. The number of hydrogen-bond acceptors (Lipinski definition) is 4.